The summed E-state index contributed by atoms with van der Waals surface area (Å²) in [4.78, 5) is 34.1. The van der Waals surface area contributed by atoms with Crippen LogP contribution in [0.2, 0.25) is 0 Å². The molecule has 30 heavy (non-hydrogen) atoms. The molecule has 1 aromatic heterocycles. The third kappa shape index (κ3) is 4.58. The van der Waals surface area contributed by atoms with Gasteiger partial charge in [-0.25, -0.2) is 0 Å². The third-order valence-corrected chi connectivity index (χ3v) is 5.59. The van der Waals surface area contributed by atoms with Crippen molar-refractivity contribution in [3.05, 3.63) is 64.0 Å². The fourth-order valence-corrected chi connectivity index (χ4v) is 3.91. The molecule has 2 aliphatic heterocycles. The van der Waals surface area contributed by atoms with E-state index in [0.29, 0.717) is 50.6 Å². The highest BCUT2D eigenvalue weighted by Gasteiger charge is 2.27. The van der Waals surface area contributed by atoms with E-state index < -0.39 is 4.92 Å². The number of nitro benzene ring substituents is 1. The number of hydrogen-bond donors (Lipinski definition) is 0. The Hall–Kier alpha value is -3.04. The third-order valence-electron chi connectivity index (χ3n) is 5.59. The summed E-state index contributed by atoms with van der Waals surface area (Å²) in [5.74, 6) is -0.185. The van der Waals surface area contributed by atoms with Gasteiger partial charge >= 0.3 is 0 Å². The first-order chi connectivity index (χ1) is 14.6. The van der Waals surface area contributed by atoms with Crippen LogP contribution in [0.3, 0.4) is 0 Å². The molecular weight excluding hydrogens is 386 g/mol. The number of ether oxygens (including phenoxy) is 1. The number of carbonyl (C=O) groups is 1. The summed E-state index contributed by atoms with van der Waals surface area (Å²) in [6, 6.07) is 8.83. The SMILES string of the molecule is O=C(c1ccc(N2CCN(Cc3ccncc3)CC2)c([N+](=O)[O-])c1)N1CCOCC1. The molecule has 0 saturated carbocycles. The maximum absolute atomic E-state index is 12.7. The van der Waals surface area contributed by atoms with Gasteiger partial charge in [0.15, 0.2) is 0 Å². The van der Waals surface area contributed by atoms with Gasteiger partial charge in [0.1, 0.15) is 5.69 Å². The summed E-state index contributed by atoms with van der Waals surface area (Å²) in [6.07, 6.45) is 3.57. The maximum Gasteiger partial charge on any atom is 0.293 e. The number of morpholine rings is 1. The molecule has 1 amide bonds. The van der Waals surface area contributed by atoms with Crippen LogP contribution in [0.25, 0.3) is 0 Å². The normalized spacial score (nSPS) is 17.7. The van der Waals surface area contributed by atoms with Gasteiger partial charge in [-0.05, 0) is 29.8 Å². The molecule has 0 N–H and O–H groups in total. The molecule has 4 rings (SSSR count). The molecule has 158 valence electrons. The number of benzene rings is 1. The second-order valence-corrected chi connectivity index (χ2v) is 7.48. The van der Waals surface area contributed by atoms with Crippen LogP contribution in [0.5, 0.6) is 0 Å². The lowest BCUT2D eigenvalue weighted by atomic mass is 10.1. The van der Waals surface area contributed by atoms with Gasteiger partial charge in [-0.2, -0.15) is 0 Å². The van der Waals surface area contributed by atoms with E-state index in [1.807, 2.05) is 17.0 Å². The lowest BCUT2D eigenvalue weighted by Crippen LogP contribution is -2.46. The number of hydrogen-bond acceptors (Lipinski definition) is 7. The first-order valence-electron chi connectivity index (χ1n) is 10.1. The predicted octanol–water partition coefficient (Wildman–Crippen LogP) is 1.78. The quantitative estimate of drug-likeness (QED) is 0.547. The summed E-state index contributed by atoms with van der Waals surface area (Å²) in [5.41, 5.74) is 2.11. The standard InChI is InChI=1S/C21H25N5O4/c27-21(25-11-13-30-14-12-25)18-1-2-19(20(15-18)26(28)29)24-9-7-23(8-10-24)16-17-3-5-22-6-4-17/h1-6,15H,7-14,16H2. The number of amides is 1. The van der Waals surface area contributed by atoms with Crippen molar-refractivity contribution in [2.75, 3.05) is 57.4 Å². The van der Waals surface area contributed by atoms with E-state index in [1.54, 1.807) is 29.4 Å². The molecule has 9 heteroatoms. The van der Waals surface area contributed by atoms with Crippen LogP contribution >= 0.6 is 0 Å². The van der Waals surface area contributed by atoms with Gasteiger partial charge in [0, 0.05) is 69.8 Å². The fraction of sp³-hybridized carbons (Fsp3) is 0.429. The molecule has 2 saturated heterocycles. The lowest BCUT2D eigenvalue weighted by molar-refractivity contribution is -0.384. The van der Waals surface area contributed by atoms with Gasteiger partial charge in [-0.15, -0.1) is 0 Å². The Morgan fingerprint density at radius 3 is 2.40 bits per heavy atom. The first-order valence-corrected chi connectivity index (χ1v) is 10.1. The zero-order valence-electron chi connectivity index (χ0n) is 16.8. The highest BCUT2D eigenvalue weighted by molar-refractivity contribution is 5.96. The fourth-order valence-electron chi connectivity index (χ4n) is 3.91. The van der Waals surface area contributed by atoms with Crippen LogP contribution in [0, 0.1) is 10.1 Å². The number of carbonyl (C=O) groups excluding carboxylic acids is 1. The molecule has 0 unspecified atom stereocenters. The van der Waals surface area contributed by atoms with Crippen molar-refractivity contribution in [1.29, 1.82) is 0 Å². The molecule has 0 spiro atoms. The summed E-state index contributed by atoms with van der Waals surface area (Å²) < 4.78 is 5.28. The number of nitrogens with zero attached hydrogens (tertiary/aromatic N) is 5. The summed E-state index contributed by atoms with van der Waals surface area (Å²) in [5, 5.41) is 11.7. The molecular formula is C21H25N5O4. The average molecular weight is 411 g/mol. The van der Waals surface area contributed by atoms with Crippen LogP contribution in [0.1, 0.15) is 15.9 Å². The Morgan fingerprint density at radius 1 is 1.03 bits per heavy atom. The smallest absolute Gasteiger partial charge is 0.293 e. The van der Waals surface area contributed by atoms with Gasteiger partial charge in [0.05, 0.1) is 18.1 Å². The van der Waals surface area contributed by atoms with Crippen molar-refractivity contribution < 1.29 is 14.5 Å². The summed E-state index contributed by atoms with van der Waals surface area (Å²) in [6.45, 7) is 5.87. The maximum atomic E-state index is 12.7. The highest BCUT2D eigenvalue weighted by Crippen LogP contribution is 2.30. The van der Waals surface area contributed by atoms with Gasteiger partial charge in [0.25, 0.3) is 11.6 Å². The van der Waals surface area contributed by atoms with Crippen molar-refractivity contribution in [3.8, 4) is 0 Å². The van der Waals surface area contributed by atoms with E-state index >= 15 is 0 Å². The largest absolute Gasteiger partial charge is 0.378 e. The zero-order chi connectivity index (χ0) is 20.9. The minimum absolute atomic E-state index is 0.0170. The van der Waals surface area contributed by atoms with E-state index in [1.165, 1.54) is 11.6 Å². The minimum atomic E-state index is -0.394. The zero-order valence-corrected chi connectivity index (χ0v) is 16.8. The highest BCUT2D eigenvalue weighted by atomic mass is 16.6. The Bertz CT molecular complexity index is 894. The van der Waals surface area contributed by atoms with Crippen molar-refractivity contribution in [2.45, 2.75) is 6.54 Å². The molecule has 1 aromatic carbocycles. The Labute approximate surface area is 175 Å². The summed E-state index contributed by atoms with van der Waals surface area (Å²) in [7, 11) is 0. The van der Waals surface area contributed by atoms with Crippen LogP contribution in [-0.4, -0.2) is 78.1 Å². The van der Waals surface area contributed by atoms with E-state index in [2.05, 4.69) is 9.88 Å². The number of aromatic nitrogens is 1. The Kier molecular flexibility index (Phi) is 6.20. The van der Waals surface area contributed by atoms with Crippen molar-refractivity contribution in [3.63, 3.8) is 0 Å². The van der Waals surface area contributed by atoms with E-state index in [9.17, 15) is 14.9 Å². The second kappa shape index (κ2) is 9.19. The molecule has 9 nitrogen and oxygen atoms in total. The first kappa shape index (κ1) is 20.2. The van der Waals surface area contributed by atoms with Gasteiger partial charge < -0.3 is 14.5 Å². The van der Waals surface area contributed by atoms with E-state index in [0.717, 1.165) is 19.6 Å². The lowest BCUT2D eigenvalue weighted by Gasteiger charge is -2.36. The van der Waals surface area contributed by atoms with Crippen molar-refractivity contribution in [1.82, 2.24) is 14.8 Å². The second-order valence-electron chi connectivity index (χ2n) is 7.48. The molecule has 0 aliphatic carbocycles. The molecule has 2 aliphatic rings. The number of anilines is 1. The average Bonchev–Trinajstić information content (AvgIpc) is 2.80. The van der Waals surface area contributed by atoms with Crippen LogP contribution in [0.15, 0.2) is 42.7 Å². The topological polar surface area (TPSA) is 92.0 Å². The predicted molar refractivity (Wildman–Crippen MR) is 112 cm³/mol. The van der Waals surface area contributed by atoms with Gasteiger partial charge in [0.2, 0.25) is 0 Å². The van der Waals surface area contributed by atoms with Gasteiger partial charge in [-0.3, -0.25) is 24.8 Å². The van der Waals surface area contributed by atoms with Crippen molar-refractivity contribution in [2.24, 2.45) is 0 Å². The molecule has 2 fully saturated rings. The molecule has 3 heterocycles. The van der Waals surface area contributed by atoms with Crippen LogP contribution in [0.4, 0.5) is 11.4 Å². The Balaban J connectivity index is 1.45. The monoisotopic (exact) mass is 411 g/mol. The van der Waals surface area contributed by atoms with Crippen molar-refractivity contribution >= 4 is 17.3 Å². The number of rotatable bonds is 5. The number of piperazine rings is 1. The van der Waals surface area contributed by atoms with Crippen LogP contribution in [-0.2, 0) is 11.3 Å². The summed E-state index contributed by atoms with van der Waals surface area (Å²) >= 11 is 0. The molecule has 0 atom stereocenters. The van der Waals surface area contributed by atoms with E-state index in [-0.39, 0.29) is 11.6 Å². The van der Waals surface area contributed by atoms with E-state index in [4.69, 9.17) is 4.74 Å². The van der Waals surface area contributed by atoms with Crippen LogP contribution < -0.4 is 4.90 Å². The molecule has 0 radical (unpaired) electrons. The molecule has 2 aromatic rings. The number of pyridine rings is 1. The number of nitro groups is 1. The molecule has 0 bridgehead atoms. The minimum Gasteiger partial charge on any atom is -0.378 e. The van der Waals surface area contributed by atoms with Gasteiger partial charge in [-0.1, -0.05) is 0 Å². The Morgan fingerprint density at radius 2 is 1.73 bits per heavy atom.